The van der Waals surface area contributed by atoms with Gasteiger partial charge in [-0.3, -0.25) is 4.79 Å². The van der Waals surface area contributed by atoms with E-state index in [0.717, 1.165) is 28.7 Å². The Morgan fingerprint density at radius 2 is 1.96 bits per heavy atom. The molecule has 1 N–H and O–H groups in total. The number of hydrogen-bond acceptors (Lipinski definition) is 2. The molecule has 0 spiro atoms. The van der Waals surface area contributed by atoms with Gasteiger partial charge in [-0.2, -0.15) is 0 Å². The number of carboxylic acids is 1. The molecule has 0 saturated heterocycles. The largest absolute Gasteiger partial charge is 0.478 e. The highest BCUT2D eigenvalue weighted by atomic mass is 19.1. The standard InChI is InChI=1S/C21H21FO3/c1-21(2)11-10-18(23)16-5-3-4-14(19(16)21)8-6-13-7-9-15(20(24)25)17(22)12-13/h3-5,7,9,12H,6,8,10-11H2,1-2H3,(H,24,25). The van der Waals surface area contributed by atoms with Crippen LogP contribution in [0.15, 0.2) is 36.4 Å². The second-order valence-electron chi connectivity index (χ2n) is 7.27. The van der Waals surface area contributed by atoms with Gasteiger partial charge < -0.3 is 5.11 Å². The van der Waals surface area contributed by atoms with E-state index in [1.54, 1.807) is 6.07 Å². The minimum absolute atomic E-state index is 0.0573. The highest BCUT2D eigenvalue weighted by Crippen LogP contribution is 2.39. The van der Waals surface area contributed by atoms with Gasteiger partial charge in [-0.25, -0.2) is 9.18 Å². The summed E-state index contributed by atoms with van der Waals surface area (Å²) >= 11 is 0. The molecule has 130 valence electrons. The van der Waals surface area contributed by atoms with Gasteiger partial charge in [-0.1, -0.05) is 38.1 Å². The zero-order valence-corrected chi connectivity index (χ0v) is 14.4. The quantitative estimate of drug-likeness (QED) is 0.887. The maximum Gasteiger partial charge on any atom is 0.338 e. The summed E-state index contributed by atoms with van der Waals surface area (Å²) in [6, 6.07) is 10.1. The maximum absolute atomic E-state index is 13.8. The number of hydrogen-bond donors (Lipinski definition) is 1. The van der Waals surface area contributed by atoms with Crippen LogP contribution in [0.4, 0.5) is 4.39 Å². The van der Waals surface area contributed by atoms with Crippen molar-refractivity contribution in [2.24, 2.45) is 0 Å². The van der Waals surface area contributed by atoms with Crippen LogP contribution in [0.2, 0.25) is 0 Å². The minimum Gasteiger partial charge on any atom is -0.478 e. The lowest BCUT2D eigenvalue weighted by Crippen LogP contribution is -2.29. The monoisotopic (exact) mass is 340 g/mol. The fourth-order valence-electron chi connectivity index (χ4n) is 3.69. The van der Waals surface area contributed by atoms with Gasteiger partial charge in [0, 0.05) is 12.0 Å². The van der Waals surface area contributed by atoms with E-state index in [-0.39, 0.29) is 16.8 Å². The molecule has 0 heterocycles. The number of halogens is 1. The summed E-state index contributed by atoms with van der Waals surface area (Å²) in [6.45, 7) is 4.31. The molecule has 25 heavy (non-hydrogen) atoms. The van der Waals surface area contributed by atoms with E-state index in [1.807, 2.05) is 18.2 Å². The molecular weight excluding hydrogens is 319 g/mol. The summed E-state index contributed by atoms with van der Waals surface area (Å²) in [5.74, 6) is -1.79. The number of carboxylic acid groups (broad SMARTS) is 1. The lowest BCUT2D eigenvalue weighted by molar-refractivity contribution is 0.0691. The Bertz CT molecular complexity index is 852. The topological polar surface area (TPSA) is 54.4 Å². The summed E-state index contributed by atoms with van der Waals surface area (Å²) in [5.41, 5.74) is 3.40. The minimum atomic E-state index is -1.26. The second kappa shape index (κ2) is 6.43. The number of ketones is 1. The van der Waals surface area contributed by atoms with Crippen LogP contribution < -0.4 is 0 Å². The van der Waals surface area contributed by atoms with Gasteiger partial charge in [0.1, 0.15) is 5.82 Å². The third kappa shape index (κ3) is 3.34. The summed E-state index contributed by atoms with van der Waals surface area (Å²) < 4.78 is 13.8. The molecule has 0 saturated carbocycles. The highest BCUT2D eigenvalue weighted by Gasteiger charge is 2.33. The molecule has 0 aromatic heterocycles. The fourth-order valence-corrected chi connectivity index (χ4v) is 3.69. The normalized spacial score (nSPS) is 15.7. The average Bonchev–Trinajstić information content (AvgIpc) is 2.56. The smallest absolute Gasteiger partial charge is 0.338 e. The van der Waals surface area contributed by atoms with Crippen LogP contribution in [0.25, 0.3) is 0 Å². The number of benzene rings is 2. The molecule has 0 unspecified atom stereocenters. The van der Waals surface area contributed by atoms with Crippen LogP contribution in [0.5, 0.6) is 0 Å². The predicted octanol–water partition coefficient (Wildman–Crippen LogP) is 4.56. The van der Waals surface area contributed by atoms with Gasteiger partial charge in [-0.15, -0.1) is 0 Å². The Labute approximate surface area is 146 Å². The molecule has 0 bridgehead atoms. The molecule has 2 aromatic rings. The van der Waals surface area contributed by atoms with Crippen molar-refractivity contribution < 1.29 is 19.1 Å². The van der Waals surface area contributed by atoms with Gasteiger partial charge in [0.15, 0.2) is 5.78 Å². The van der Waals surface area contributed by atoms with Crippen LogP contribution in [-0.4, -0.2) is 16.9 Å². The van der Waals surface area contributed by atoms with Crippen molar-refractivity contribution in [2.45, 2.75) is 44.9 Å². The van der Waals surface area contributed by atoms with E-state index in [2.05, 4.69) is 13.8 Å². The second-order valence-corrected chi connectivity index (χ2v) is 7.27. The van der Waals surface area contributed by atoms with Crippen LogP contribution in [-0.2, 0) is 18.3 Å². The lowest BCUT2D eigenvalue weighted by atomic mass is 9.70. The average molecular weight is 340 g/mol. The first-order chi connectivity index (χ1) is 11.8. The Morgan fingerprint density at radius 1 is 1.20 bits per heavy atom. The SMILES string of the molecule is CC1(C)CCC(=O)c2cccc(CCc3ccc(C(=O)O)c(F)c3)c21. The van der Waals surface area contributed by atoms with E-state index in [0.29, 0.717) is 19.3 Å². The number of aryl methyl sites for hydroxylation is 2. The zero-order chi connectivity index (χ0) is 18.2. The molecule has 2 aromatic carbocycles. The van der Waals surface area contributed by atoms with Crippen molar-refractivity contribution in [1.82, 2.24) is 0 Å². The molecule has 3 nitrogen and oxygen atoms in total. The van der Waals surface area contributed by atoms with Crippen molar-refractivity contribution in [3.63, 3.8) is 0 Å². The Balaban J connectivity index is 1.88. The summed E-state index contributed by atoms with van der Waals surface area (Å²) in [5, 5.41) is 8.91. The van der Waals surface area contributed by atoms with Crippen molar-refractivity contribution in [3.8, 4) is 0 Å². The molecule has 0 aliphatic heterocycles. The summed E-state index contributed by atoms with van der Waals surface area (Å²) in [6.07, 6.45) is 2.69. The van der Waals surface area contributed by atoms with Crippen molar-refractivity contribution >= 4 is 11.8 Å². The van der Waals surface area contributed by atoms with Gasteiger partial charge in [0.2, 0.25) is 0 Å². The maximum atomic E-state index is 13.8. The van der Waals surface area contributed by atoms with Crippen LogP contribution >= 0.6 is 0 Å². The first-order valence-corrected chi connectivity index (χ1v) is 8.47. The Hall–Kier alpha value is -2.49. The number of rotatable bonds is 4. The first-order valence-electron chi connectivity index (χ1n) is 8.47. The van der Waals surface area contributed by atoms with Crippen LogP contribution in [0.1, 0.15) is 64.1 Å². The molecule has 3 rings (SSSR count). The third-order valence-electron chi connectivity index (χ3n) is 5.05. The van der Waals surface area contributed by atoms with Gasteiger partial charge in [-0.05, 0) is 53.5 Å². The third-order valence-corrected chi connectivity index (χ3v) is 5.05. The van der Waals surface area contributed by atoms with E-state index in [4.69, 9.17) is 5.11 Å². The predicted molar refractivity (Wildman–Crippen MR) is 93.8 cm³/mol. The summed E-state index contributed by atoms with van der Waals surface area (Å²) in [7, 11) is 0. The first kappa shape index (κ1) is 17.3. The number of aromatic carboxylic acids is 1. The van der Waals surface area contributed by atoms with E-state index in [1.165, 1.54) is 12.1 Å². The van der Waals surface area contributed by atoms with Crippen molar-refractivity contribution in [3.05, 3.63) is 70.0 Å². The van der Waals surface area contributed by atoms with Gasteiger partial charge >= 0.3 is 5.97 Å². The molecule has 0 radical (unpaired) electrons. The number of carbonyl (C=O) groups excluding carboxylic acids is 1. The number of fused-ring (bicyclic) bond motifs is 1. The number of carbonyl (C=O) groups is 2. The van der Waals surface area contributed by atoms with Gasteiger partial charge in [0.05, 0.1) is 5.56 Å². The highest BCUT2D eigenvalue weighted by molar-refractivity contribution is 5.99. The van der Waals surface area contributed by atoms with Crippen LogP contribution in [0.3, 0.4) is 0 Å². The number of Topliss-reactive ketones (excluding diaryl/α,β-unsaturated/α-hetero) is 1. The van der Waals surface area contributed by atoms with Crippen molar-refractivity contribution in [2.75, 3.05) is 0 Å². The lowest BCUT2D eigenvalue weighted by Gasteiger charge is -2.34. The van der Waals surface area contributed by atoms with Gasteiger partial charge in [0.25, 0.3) is 0 Å². The zero-order valence-electron chi connectivity index (χ0n) is 14.4. The molecule has 1 aliphatic rings. The molecule has 1 aliphatic carbocycles. The molecule has 0 amide bonds. The Morgan fingerprint density at radius 3 is 2.64 bits per heavy atom. The van der Waals surface area contributed by atoms with E-state index in [9.17, 15) is 14.0 Å². The molecule has 4 heteroatoms. The van der Waals surface area contributed by atoms with E-state index >= 15 is 0 Å². The molecule has 0 fully saturated rings. The molecular formula is C21H21FO3. The fraction of sp³-hybridized carbons (Fsp3) is 0.333. The Kier molecular flexibility index (Phi) is 4.46. The van der Waals surface area contributed by atoms with Crippen molar-refractivity contribution in [1.29, 1.82) is 0 Å². The van der Waals surface area contributed by atoms with Crippen LogP contribution in [0, 0.1) is 5.82 Å². The summed E-state index contributed by atoms with van der Waals surface area (Å²) in [4.78, 5) is 23.1. The van der Waals surface area contributed by atoms with E-state index < -0.39 is 11.8 Å². The molecule has 0 atom stereocenters.